The van der Waals surface area contributed by atoms with Gasteiger partial charge in [0.05, 0.1) is 6.20 Å². The smallest absolute Gasteiger partial charge is 0.227 e. The average Bonchev–Trinajstić information content (AvgIpc) is 2.94. The standard InChI is InChI=1S/C10H14N6O/c11-6-10(2-1-3-10)4-8-13-9(15-17-8)7-5-12-16-14-7/h5H,1-4,6,11H2,(H,12,14,16). The van der Waals surface area contributed by atoms with Gasteiger partial charge in [-0.1, -0.05) is 11.6 Å². The fourth-order valence-corrected chi connectivity index (χ4v) is 2.19. The lowest BCUT2D eigenvalue weighted by molar-refractivity contribution is 0.129. The maximum Gasteiger partial charge on any atom is 0.227 e. The van der Waals surface area contributed by atoms with E-state index in [1.165, 1.54) is 6.42 Å². The Labute approximate surface area is 97.8 Å². The molecule has 17 heavy (non-hydrogen) atoms. The first-order chi connectivity index (χ1) is 8.31. The van der Waals surface area contributed by atoms with Crippen LogP contribution >= 0.6 is 0 Å². The zero-order valence-electron chi connectivity index (χ0n) is 9.39. The first kappa shape index (κ1) is 10.4. The Morgan fingerprint density at radius 3 is 2.94 bits per heavy atom. The summed E-state index contributed by atoms with van der Waals surface area (Å²) in [6.07, 6.45) is 5.85. The number of aromatic nitrogens is 5. The van der Waals surface area contributed by atoms with Crippen LogP contribution in [0.25, 0.3) is 11.5 Å². The number of H-pyrrole nitrogens is 1. The monoisotopic (exact) mass is 234 g/mol. The SMILES string of the molecule is NCC1(Cc2nc(-c3cn[nH]n3)no2)CCC1. The molecule has 1 fully saturated rings. The summed E-state index contributed by atoms with van der Waals surface area (Å²) < 4.78 is 5.22. The Morgan fingerprint density at radius 2 is 2.35 bits per heavy atom. The van der Waals surface area contributed by atoms with Crippen LogP contribution < -0.4 is 5.73 Å². The Balaban J connectivity index is 1.77. The van der Waals surface area contributed by atoms with Gasteiger partial charge in [-0.25, -0.2) is 0 Å². The molecule has 0 amide bonds. The van der Waals surface area contributed by atoms with E-state index in [0.29, 0.717) is 24.0 Å². The Kier molecular flexibility index (Phi) is 2.40. The molecular weight excluding hydrogens is 220 g/mol. The summed E-state index contributed by atoms with van der Waals surface area (Å²) in [5.74, 6) is 1.10. The lowest BCUT2D eigenvalue weighted by Gasteiger charge is -2.39. The highest BCUT2D eigenvalue weighted by Gasteiger charge is 2.37. The van der Waals surface area contributed by atoms with E-state index in [1.807, 2.05) is 0 Å². The van der Waals surface area contributed by atoms with Crippen molar-refractivity contribution in [2.75, 3.05) is 6.54 Å². The summed E-state index contributed by atoms with van der Waals surface area (Å²) in [7, 11) is 0. The molecule has 0 atom stereocenters. The normalized spacial score (nSPS) is 17.9. The molecule has 1 saturated carbocycles. The number of rotatable bonds is 4. The Morgan fingerprint density at radius 1 is 1.47 bits per heavy atom. The van der Waals surface area contributed by atoms with Gasteiger partial charge >= 0.3 is 0 Å². The van der Waals surface area contributed by atoms with Gasteiger partial charge < -0.3 is 10.3 Å². The van der Waals surface area contributed by atoms with E-state index in [1.54, 1.807) is 6.20 Å². The second-order valence-corrected chi connectivity index (χ2v) is 4.60. The van der Waals surface area contributed by atoms with Gasteiger partial charge in [-0.05, 0) is 24.8 Å². The summed E-state index contributed by atoms with van der Waals surface area (Å²) in [6, 6.07) is 0. The van der Waals surface area contributed by atoms with E-state index < -0.39 is 0 Å². The van der Waals surface area contributed by atoms with Gasteiger partial charge in [0.15, 0.2) is 5.69 Å². The maximum absolute atomic E-state index is 5.80. The second kappa shape index (κ2) is 3.92. The number of nitrogens with one attached hydrogen (secondary N) is 1. The molecule has 0 bridgehead atoms. The minimum absolute atomic E-state index is 0.174. The van der Waals surface area contributed by atoms with E-state index in [9.17, 15) is 0 Å². The van der Waals surface area contributed by atoms with Crippen molar-refractivity contribution in [3.05, 3.63) is 12.1 Å². The van der Waals surface area contributed by atoms with E-state index in [0.717, 1.165) is 19.3 Å². The summed E-state index contributed by atoms with van der Waals surface area (Å²) in [6.45, 7) is 0.675. The van der Waals surface area contributed by atoms with Crippen LogP contribution in [0.15, 0.2) is 10.7 Å². The van der Waals surface area contributed by atoms with Crippen molar-refractivity contribution in [2.24, 2.45) is 11.1 Å². The molecule has 7 nitrogen and oxygen atoms in total. The third kappa shape index (κ3) is 1.82. The van der Waals surface area contributed by atoms with Crippen LogP contribution in [0.4, 0.5) is 0 Å². The van der Waals surface area contributed by atoms with Gasteiger partial charge in [-0.15, -0.1) is 0 Å². The highest BCUT2D eigenvalue weighted by Crippen LogP contribution is 2.42. The molecule has 3 N–H and O–H groups in total. The largest absolute Gasteiger partial charge is 0.339 e. The van der Waals surface area contributed by atoms with Crippen LogP contribution in [0.2, 0.25) is 0 Å². The van der Waals surface area contributed by atoms with Gasteiger partial charge in [-0.2, -0.15) is 20.4 Å². The van der Waals surface area contributed by atoms with Crippen molar-refractivity contribution in [3.63, 3.8) is 0 Å². The molecule has 0 aromatic carbocycles. The highest BCUT2D eigenvalue weighted by atomic mass is 16.5. The molecule has 2 aromatic rings. The number of hydrogen-bond acceptors (Lipinski definition) is 6. The maximum atomic E-state index is 5.80. The summed E-state index contributed by atoms with van der Waals surface area (Å²) >= 11 is 0. The van der Waals surface area contributed by atoms with Gasteiger partial charge in [0.2, 0.25) is 11.7 Å². The first-order valence-electron chi connectivity index (χ1n) is 5.70. The molecular formula is C10H14N6O. The van der Waals surface area contributed by atoms with Crippen molar-refractivity contribution in [2.45, 2.75) is 25.7 Å². The third-order valence-corrected chi connectivity index (χ3v) is 3.49. The summed E-state index contributed by atoms with van der Waals surface area (Å²) in [5.41, 5.74) is 6.57. The van der Waals surface area contributed by atoms with Crippen molar-refractivity contribution in [1.29, 1.82) is 0 Å². The topological polar surface area (TPSA) is 107 Å². The van der Waals surface area contributed by atoms with E-state index in [2.05, 4.69) is 25.6 Å². The number of nitrogens with zero attached hydrogens (tertiary/aromatic N) is 4. The van der Waals surface area contributed by atoms with Crippen molar-refractivity contribution >= 4 is 0 Å². The predicted octanol–water partition coefficient (Wildman–Crippen LogP) is 0.526. The zero-order chi connectivity index (χ0) is 11.7. The molecule has 0 unspecified atom stereocenters. The quantitative estimate of drug-likeness (QED) is 0.799. The number of hydrogen-bond donors (Lipinski definition) is 2. The Bertz CT molecular complexity index is 481. The van der Waals surface area contributed by atoms with Gasteiger partial charge in [0, 0.05) is 6.42 Å². The van der Waals surface area contributed by atoms with Crippen LogP contribution in [0.5, 0.6) is 0 Å². The molecule has 1 aliphatic carbocycles. The third-order valence-electron chi connectivity index (χ3n) is 3.49. The number of nitrogens with two attached hydrogens (primary N) is 1. The molecule has 0 radical (unpaired) electrons. The minimum atomic E-state index is 0.174. The van der Waals surface area contributed by atoms with Crippen molar-refractivity contribution in [1.82, 2.24) is 25.6 Å². The van der Waals surface area contributed by atoms with Crippen LogP contribution in [0.1, 0.15) is 25.2 Å². The predicted molar refractivity (Wildman–Crippen MR) is 58.7 cm³/mol. The highest BCUT2D eigenvalue weighted by molar-refractivity contribution is 5.44. The fourth-order valence-electron chi connectivity index (χ4n) is 2.19. The molecule has 1 aliphatic rings. The first-order valence-corrected chi connectivity index (χ1v) is 5.70. The van der Waals surface area contributed by atoms with Gasteiger partial charge in [0.1, 0.15) is 0 Å². The molecule has 2 heterocycles. The van der Waals surface area contributed by atoms with Crippen molar-refractivity contribution < 1.29 is 4.52 Å². The lowest BCUT2D eigenvalue weighted by atomic mass is 9.67. The van der Waals surface area contributed by atoms with Crippen LogP contribution in [-0.2, 0) is 6.42 Å². The van der Waals surface area contributed by atoms with Crippen LogP contribution in [-0.4, -0.2) is 32.1 Å². The molecule has 2 aromatic heterocycles. The molecule has 7 heteroatoms. The van der Waals surface area contributed by atoms with Crippen LogP contribution in [0.3, 0.4) is 0 Å². The van der Waals surface area contributed by atoms with Gasteiger partial charge in [-0.3, -0.25) is 0 Å². The summed E-state index contributed by atoms with van der Waals surface area (Å²) in [5, 5.41) is 14.0. The lowest BCUT2D eigenvalue weighted by Crippen LogP contribution is -2.39. The van der Waals surface area contributed by atoms with E-state index in [-0.39, 0.29) is 5.41 Å². The minimum Gasteiger partial charge on any atom is -0.339 e. The van der Waals surface area contributed by atoms with Crippen LogP contribution in [0, 0.1) is 5.41 Å². The fraction of sp³-hybridized carbons (Fsp3) is 0.600. The number of aromatic amines is 1. The molecule has 0 saturated heterocycles. The molecule has 0 spiro atoms. The average molecular weight is 234 g/mol. The second-order valence-electron chi connectivity index (χ2n) is 4.60. The molecule has 0 aliphatic heterocycles. The van der Waals surface area contributed by atoms with E-state index >= 15 is 0 Å². The Hall–Kier alpha value is -1.76. The van der Waals surface area contributed by atoms with Crippen molar-refractivity contribution in [3.8, 4) is 11.5 Å². The zero-order valence-corrected chi connectivity index (χ0v) is 9.39. The van der Waals surface area contributed by atoms with Gasteiger partial charge in [0.25, 0.3) is 0 Å². The summed E-state index contributed by atoms with van der Waals surface area (Å²) in [4.78, 5) is 4.31. The van der Waals surface area contributed by atoms with E-state index in [4.69, 9.17) is 10.3 Å². The molecule has 3 rings (SSSR count). The molecule has 90 valence electrons.